The number of carbonyl (C=O) groups is 1. The molecule has 0 radical (unpaired) electrons. The summed E-state index contributed by atoms with van der Waals surface area (Å²) in [5.74, 6) is 0.683. The van der Waals surface area contributed by atoms with Gasteiger partial charge < -0.3 is 10.2 Å². The molecule has 8 heteroatoms. The average Bonchev–Trinajstić information content (AvgIpc) is 2.66. The first-order chi connectivity index (χ1) is 13.0. The van der Waals surface area contributed by atoms with Gasteiger partial charge in [0.1, 0.15) is 5.82 Å². The smallest absolute Gasteiger partial charge is 0.261 e. The highest BCUT2D eigenvalue weighted by Crippen LogP contribution is 2.15. The number of rotatable bonds is 6. The van der Waals surface area contributed by atoms with Crippen LogP contribution in [-0.2, 0) is 17.9 Å². The van der Waals surface area contributed by atoms with E-state index < -0.39 is 0 Å². The van der Waals surface area contributed by atoms with E-state index in [-0.39, 0.29) is 24.4 Å². The number of fused-ring (bicyclic) bond motifs is 1. The molecule has 27 heavy (non-hydrogen) atoms. The lowest BCUT2D eigenvalue weighted by molar-refractivity contribution is -0.121. The molecule has 7 nitrogen and oxygen atoms in total. The molecular formula is C19H20BrN5O2. The summed E-state index contributed by atoms with van der Waals surface area (Å²) in [4.78, 5) is 35.3. The van der Waals surface area contributed by atoms with Crippen molar-refractivity contribution in [1.29, 1.82) is 0 Å². The minimum absolute atomic E-state index is 0.134. The van der Waals surface area contributed by atoms with Crippen molar-refractivity contribution in [3.8, 4) is 0 Å². The van der Waals surface area contributed by atoms with E-state index in [1.165, 1.54) is 10.9 Å². The van der Waals surface area contributed by atoms with Gasteiger partial charge in [0.15, 0.2) is 0 Å². The topological polar surface area (TPSA) is 80.1 Å². The zero-order valence-electron chi connectivity index (χ0n) is 15.1. The molecule has 0 aliphatic heterocycles. The fourth-order valence-corrected chi connectivity index (χ4v) is 3.13. The quantitative estimate of drug-likeness (QED) is 0.650. The molecule has 0 fully saturated rings. The molecule has 0 aliphatic carbocycles. The molecule has 0 saturated heterocycles. The normalized spacial score (nSPS) is 10.8. The molecule has 0 aliphatic rings. The van der Waals surface area contributed by atoms with E-state index in [0.717, 1.165) is 15.9 Å². The number of nitrogens with one attached hydrogen (secondary N) is 1. The van der Waals surface area contributed by atoms with Gasteiger partial charge in [0.05, 0.1) is 17.2 Å². The summed E-state index contributed by atoms with van der Waals surface area (Å²) in [5.41, 5.74) is 1.41. The maximum Gasteiger partial charge on any atom is 0.261 e. The first kappa shape index (κ1) is 19.0. The molecule has 2 heterocycles. The first-order valence-corrected chi connectivity index (χ1v) is 9.27. The summed E-state index contributed by atoms with van der Waals surface area (Å²) in [6, 6.07) is 9.14. The Labute approximate surface area is 165 Å². The number of aryl methyl sites for hydroxylation is 1. The molecule has 1 N–H and O–H groups in total. The predicted molar refractivity (Wildman–Crippen MR) is 109 cm³/mol. The van der Waals surface area contributed by atoms with Crippen LogP contribution in [0.15, 0.2) is 52.1 Å². The Bertz CT molecular complexity index is 1030. The number of anilines is 1. The molecule has 3 rings (SSSR count). The van der Waals surface area contributed by atoms with E-state index in [1.54, 1.807) is 18.3 Å². The van der Waals surface area contributed by atoms with Crippen LogP contribution in [0.3, 0.4) is 0 Å². The van der Waals surface area contributed by atoms with Gasteiger partial charge in [-0.1, -0.05) is 22.0 Å². The van der Waals surface area contributed by atoms with E-state index in [4.69, 9.17) is 0 Å². The first-order valence-electron chi connectivity index (χ1n) is 8.48. The van der Waals surface area contributed by atoms with Crippen LogP contribution in [-0.4, -0.2) is 34.5 Å². The molecule has 1 aromatic carbocycles. The zero-order valence-corrected chi connectivity index (χ0v) is 16.7. The van der Waals surface area contributed by atoms with Gasteiger partial charge in [-0.05, 0) is 24.3 Å². The van der Waals surface area contributed by atoms with Gasteiger partial charge in [0.25, 0.3) is 5.56 Å². The maximum absolute atomic E-state index is 12.5. The average molecular weight is 430 g/mol. The van der Waals surface area contributed by atoms with Crippen LogP contribution in [0, 0.1) is 0 Å². The predicted octanol–water partition coefficient (Wildman–Crippen LogP) is 2.33. The highest BCUT2D eigenvalue weighted by atomic mass is 79.9. The number of halogens is 1. The summed E-state index contributed by atoms with van der Waals surface area (Å²) in [7, 11) is 3.82. The molecule has 0 saturated carbocycles. The van der Waals surface area contributed by atoms with Crippen molar-refractivity contribution >= 4 is 38.6 Å². The van der Waals surface area contributed by atoms with E-state index >= 15 is 0 Å². The van der Waals surface area contributed by atoms with Gasteiger partial charge in [-0.2, -0.15) is 0 Å². The third-order valence-electron chi connectivity index (χ3n) is 4.13. The second kappa shape index (κ2) is 8.30. The number of aromatic nitrogens is 3. The second-order valence-corrected chi connectivity index (χ2v) is 7.23. The number of hydrogen-bond acceptors (Lipinski definition) is 5. The molecule has 0 unspecified atom stereocenters. The van der Waals surface area contributed by atoms with Crippen LogP contribution in [0.2, 0.25) is 0 Å². The maximum atomic E-state index is 12.5. The van der Waals surface area contributed by atoms with Crippen LogP contribution < -0.4 is 15.8 Å². The molecule has 3 aromatic rings. The van der Waals surface area contributed by atoms with Crippen LogP contribution in [0.4, 0.5) is 5.82 Å². The fraction of sp³-hybridized carbons (Fsp3) is 0.263. The highest BCUT2D eigenvalue weighted by Gasteiger charge is 2.09. The molecular weight excluding hydrogens is 410 g/mol. The standard InChI is InChI=1S/C19H20BrN5O2/c1-24(2)18-13(4-3-8-21-18)11-22-17(26)7-9-25-12-23-16-6-5-14(20)10-15(16)19(25)27/h3-6,8,10,12H,7,9,11H2,1-2H3,(H,22,26). The number of carbonyl (C=O) groups excluding carboxylic acids is 1. The molecule has 140 valence electrons. The van der Waals surface area contributed by atoms with E-state index in [9.17, 15) is 9.59 Å². The summed E-state index contributed by atoms with van der Waals surface area (Å²) in [5, 5.41) is 3.41. The van der Waals surface area contributed by atoms with Gasteiger partial charge in [0, 0.05) is 49.8 Å². The Morgan fingerprint density at radius 1 is 1.26 bits per heavy atom. The molecule has 1 amide bonds. The summed E-state index contributed by atoms with van der Waals surface area (Å²) in [6.07, 6.45) is 3.40. The lowest BCUT2D eigenvalue weighted by Gasteiger charge is -2.16. The summed E-state index contributed by atoms with van der Waals surface area (Å²) >= 11 is 3.36. The molecule has 0 bridgehead atoms. The Balaban J connectivity index is 1.64. The largest absolute Gasteiger partial charge is 0.362 e. The van der Waals surface area contributed by atoms with E-state index in [2.05, 4.69) is 31.2 Å². The van der Waals surface area contributed by atoms with Gasteiger partial charge in [0.2, 0.25) is 5.91 Å². The van der Waals surface area contributed by atoms with Gasteiger partial charge >= 0.3 is 0 Å². The molecule has 0 spiro atoms. The Morgan fingerprint density at radius 3 is 2.85 bits per heavy atom. The third-order valence-corrected chi connectivity index (χ3v) is 4.63. The van der Waals surface area contributed by atoms with Gasteiger partial charge in [-0.25, -0.2) is 9.97 Å². The van der Waals surface area contributed by atoms with Gasteiger partial charge in [-0.3, -0.25) is 14.2 Å². The third kappa shape index (κ3) is 4.51. The van der Waals surface area contributed by atoms with Crippen LogP contribution in [0.25, 0.3) is 10.9 Å². The zero-order chi connectivity index (χ0) is 19.4. The Morgan fingerprint density at radius 2 is 2.07 bits per heavy atom. The van der Waals surface area contributed by atoms with Crippen molar-refractivity contribution in [1.82, 2.24) is 19.9 Å². The number of nitrogens with zero attached hydrogens (tertiary/aromatic N) is 4. The van der Waals surface area contributed by atoms with Crippen molar-refractivity contribution in [3.05, 3.63) is 63.2 Å². The highest BCUT2D eigenvalue weighted by molar-refractivity contribution is 9.10. The lowest BCUT2D eigenvalue weighted by Crippen LogP contribution is -2.28. The van der Waals surface area contributed by atoms with Crippen LogP contribution in [0.1, 0.15) is 12.0 Å². The monoisotopic (exact) mass is 429 g/mol. The molecule has 0 atom stereocenters. The summed E-state index contributed by atoms with van der Waals surface area (Å²) in [6.45, 7) is 0.658. The van der Waals surface area contributed by atoms with Crippen molar-refractivity contribution in [3.63, 3.8) is 0 Å². The van der Waals surface area contributed by atoms with Crippen molar-refractivity contribution in [2.24, 2.45) is 0 Å². The van der Waals surface area contributed by atoms with Gasteiger partial charge in [-0.15, -0.1) is 0 Å². The fourth-order valence-electron chi connectivity index (χ4n) is 2.77. The Hall–Kier alpha value is -2.74. The van der Waals surface area contributed by atoms with Crippen LogP contribution in [0.5, 0.6) is 0 Å². The Kier molecular flexibility index (Phi) is 5.85. The minimum atomic E-state index is -0.156. The minimum Gasteiger partial charge on any atom is -0.362 e. The number of benzene rings is 1. The summed E-state index contributed by atoms with van der Waals surface area (Å²) < 4.78 is 2.28. The number of amides is 1. The number of pyridine rings is 1. The van der Waals surface area contributed by atoms with Crippen LogP contribution >= 0.6 is 15.9 Å². The number of hydrogen-bond donors (Lipinski definition) is 1. The van der Waals surface area contributed by atoms with Crippen molar-refractivity contribution in [2.45, 2.75) is 19.5 Å². The van der Waals surface area contributed by atoms with E-state index in [1.807, 2.05) is 37.2 Å². The SMILES string of the molecule is CN(C)c1ncccc1CNC(=O)CCn1cnc2ccc(Br)cc2c1=O. The van der Waals surface area contributed by atoms with Crippen molar-refractivity contribution in [2.75, 3.05) is 19.0 Å². The second-order valence-electron chi connectivity index (χ2n) is 6.31. The van der Waals surface area contributed by atoms with E-state index in [0.29, 0.717) is 17.4 Å². The van der Waals surface area contributed by atoms with Crippen molar-refractivity contribution < 1.29 is 4.79 Å². The lowest BCUT2D eigenvalue weighted by atomic mass is 10.2. The molecule has 2 aromatic heterocycles.